The number of thioether (sulfide) groups is 2. The van der Waals surface area contributed by atoms with Crippen LogP contribution in [0.3, 0.4) is 0 Å². The number of aryl methyl sites for hydroxylation is 2. The van der Waals surface area contributed by atoms with Gasteiger partial charge in [-0.25, -0.2) is 4.79 Å². The molecule has 3 aromatic rings. The number of fused-ring (bicyclic) bond motifs is 6. The molecule has 11 heteroatoms. The maximum Gasteiger partial charge on any atom is 0.326 e. The SMILES string of the molecule is CN=C1C=C(N)CSCc2nn(C)c(C)c2-c2c(Cl)ccc3c2C(C)C(C(=O)O)N3CCCOc2cc(cc3c2CCC3)SC1. The quantitative estimate of drug-likeness (QED) is 0.298. The molecule has 3 N–H and O–H groups in total. The Hall–Kier alpha value is -3.08. The molecule has 0 spiro atoms. The zero-order valence-corrected chi connectivity index (χ0v) is 28.6. The van der Waals surface area contributed by atoms with E-state index in [1.165, 1.54) is 11.1 Å². The number of nitrogens with zero attached hydrogens (tertiary/aromatic N) is 4. The number of aromatic nitrogens is 2. The van der Waals surface area contributed by atoms with E-state index in [4.69, 9.17) is 27.2 Å². The van der Waals surface area contributed by atoms with E-state index in [-0.39, 0.29) is 5.92 Å². The fraction of sp³-hybridized carbons (Fsp3) is 0.441. The van der Waals surface area contributed by atoms with Crippen molar-refractivity contribution in [2.75, 3.05) is 36.6 Å². The normalized spacial score (nSPS) is 21.5. The van der Waals surface area contributed by atoms with Crippen LogP contribution >= 0.6 is 35.1 Å². The Balaban J connectivity index is 1.41. The molecule has 6 rings (SSSR count). The van der Waals surface area contributed by atoms with Gasteiger partial charge in [-0.3, -0.25) is 9.67 Å². The minimum absolute atomic E-state index is 0.271. The number of carboxylic acid groups (broad SMARTS) is 1. The predicted molar refractivity (Wildman–Crippen MR) is 187 cm³/mol. The summed E-state index contributed by atoms with van der Waals surface area (Å²) in [5.74, 6) is 1.81. The van der Waals surface area contributed by atoms with Gasteiger partial charge in [0.05, 0.1) is 12.3 Å². The lowest BCUT2D eigenvalue weighted by atomic mass is 9.89. The van der Waals surface area contributed by atoms with Crippen molar-refractivity contribution in [1.82, 2.24) is 9.78 Å². The van der Waals surface area contributed by atoms with E-state index in [2.05, 4.69) is 17.1 Å². The number of hydrogen-bond donors (Lipinski definition) is 2. The van der Waals surface area contributed by atoms with Gasteiger partial charge < -0.3 is 20.5 Å². The van der Waals surface area contributed by atoms with Crippen LogP contribution in [0, 0.1) is 6.92 Å². The summed E-state index contributed by atoms with van der Waals surface area (Å²) in [6, 6.07) is 7.62. The second-order valence-corrected chi connectivity index (χ2v) is 14.4. The van der Waals surface area contributed by atoms with Gasteiger partial charge in [-0.1, -0.05) is 18.5 Å². The Morgan fingerprint density at radius 2 is 2.00 bits per heavy atom. The summed E-state index contributed by atoms with van der Waals surface area (Å²) < 4.78 is 8.33. The van der Waals surface area contributed by atoms with Crippen molar-refractivity contribution in [2.45, 2.75) is 62.1 Å². The van der Waals surface area contributed by atoms with Gasteiger partial charge in [0.15, 0.2) is 0 Å². The smallest absolute Gasteiger partial charge is 0.326 e. The van der Waals surface area contributed by atoms with Crippen molar-refractivity contribution in [1.29, 1.82) is 0 Å². The van der Waals surface area contributed by atoms with Gasteiger partial charge in [0.1, 0.15) is 11.8 Å². The van der Waals surface area contributed by atoms with Gasteiger partial charge in [0, 0.05) is 87.7 Å². The first-order valence-electron chi connectivity index (χ1n) is 15.4. The number of aliphatic carboxylic acids is 1. The number of rotatable bonds is 1. The Morgan fingerprint density at radius 3 is 2.78 bits per heavy atom. The second kappa shape index (κ2) is 13.3. The summed E-state index contributed by atoms with van der Waals surface area (Å²) in [4.78, 5) is 20.5. The van der Waals surface area contributed by atoms with Gasteiger partial charge in [-0.05, 0) is 79.6 Å². The molecular weight excluding hydrogens is 626 g/mol. The number of halogens is 1. The van der Waals surface area contributed by atoms with Crippen LogP contribution in [0.2, 0.25) is 5.02 Å². The number of aliphatic imine (C=N–C) groups is 1. The van der Waals surface area contributed by atoms with E-state index in [0.717, 1.165) is 75.1 Å². The van der Waals surface area contributed by atoms with Crippen LogP contribution in [0.1, 0.15) is 53.8 Å². The Morgan fingerprint density at radius 1 is 1.18 bits per heavy atom. The van der Waals surface area contributed by atoms with E-state index < -0.39 is 12.0 Å². The standard InChI is InChI=1S/C34H40ClN5O3S2/c1-19-30-28-10-9-26(35)32(30)31-20(2)39(4)38-27(31)18-44-16-22(36)14-23(37-3)17-45-24-13-21-7-5-8-25(21)29(15-24)43-12-6-11-40(28)33(19)34(41)42/h9-10,13-15,19,33H,5-8,11-12,16-18,36H2,1-4H3,(H,41,42). The molecule has 3 aliphatic rings. The van der Waals surface area contributed by atoms with Crippen LogP contribution < -0.4 is 15.4 Å². The van der Waals surface area contributed by atoms with Crippen LogP contribution in [0.5, 0.6) is 5.75 Å². The molecule has 0 fully saturated rings. The number of carboxylic acids is 1. The van der Waals surface area contributed by atoms with Gasteiger partial charge >= 0.3 is 5.97 Å². The molecule has 2 aromatic carbocycles. The highest BCUT2D eigenvalue weighted by Gasteiger charge is 2.43. The van der Waals surface area contributed by atoms with Crippen LogP contribution in [0.4, 0.5) is 5.69 Å². The first-order chi connectivity index (χ1) is 21.7. The molecule has 1 aromatic heterocycles. The molecule has 6 bridgehead atoms. The number of allylic oxidation sites excluding steroid dienone is 1. The average Bonchev–Trinajstić information content (AvgIpc) is 3.67. The second-order valence-electron chi connectivity index (χ2n) is 12.0. The summed E-state index contributed by atoms with van der Waals surface area (Å²) >= 11 is 10.4. The summed E-state index contributed by atoms with van der Waals surface area (Å²) in [7, 11) is 3.75. The van der Waals surface area contributed by atoms with Crippen LogP contribution in [-0.4, -0.2) is 64.3 Å². The molecule has 2 unspecified atom stereocenters. The average molecular weight is 666 g/mol. The molecule has 3 heterocycles. The summed E-state index contributed by atoms with van der Waals surface area (Å²) in [5, 5.41) is 15.9. The highest BCUT2D eigenvalue weighted by molar-refractivity contribution is 8.00. The highest BCUT2D eigenvalue weighted by Crippen LogP contribution is 2.50. The lowest BCUT2D eigenvalue weighted by Gasteiger charge is -2.26. The molecule has 238 valence electrons. The van der Waals surface area contributed by atoms with E-state index in [1.54, 1.807) is 23.5 Å². The topological polar surface area (TPSA) is 106 Å². The Kier molecular flexibility index (Phi) is 9.45. The predicted octanol–water partition coefficient (Wildman–Crippen LogP) is 6.64. The van der Waals surface area contributed by atoms with Gasteiger partial charge in [-0.2, -0.15) is 5.10 Å². The molecule has 0 saturated heterocycles. The first-order valence-corrected chi connectivity index (χ1v) is 17.9. The third-order valence-corrected chi connectivity index (χ3v) is 11.5. The lowest BCUT2D eigenvalue weighted by Crippen LogP contribution is -2.41. The molecule has 2 aliphatic heterocycles. The minimum Gasteiger partial charge on any atom is -0.493 e. The zero-order chi connectivity index (χ0) is 31.8. The van der Waals surface area contributed by atoms with Crippen LogP contribution in [0.15, 0.2) is 45.9 Å². The van der Waals surface area contributed by atoms with Crippen LogP contribution in [0.25, 0.3) is 11.1 Å². The van der Waals surface area contributed by atoms with Crippen LogP contribution in [-0.2, 0) is 30.4 Å². The van der Waals surface area contributed by atoms with E-state index in [9.17, 15) is 9.90 Å². The molecular formula is C34H40ClN5O3S2. The van der Waals surface area contributed by atoms with Crippen molar-refractivity contribution >= 4 is 52.5 Å². The summed E-state index contributed by atoms with van der Waals surface area (Å²) in [6.45, 7) is 5.09. The maximum absolute atomic E-state index is 12.7. The number of carbonyl (C=O) groups is 1. The molecule has 1 aliphatic carbocycles. The van der Waals surface area contributed by atoms with Crippen molar-refractivity contribution in [2.24, 2.45) is 17.8 Å². The van der Waals surface area contributed by atoms with Gasteiger partial charge in [0.2, 0.25) is 0 Å². The van der Waals surface area contributed by atoms with E-state index >= 15 is 0 Å². The summed E-state index contributed by atoms with van der Waals surface area (Å²) in [5.41, 5.74) is 16.5. The van der Waals surface area contributed by atoms with Gasteiger partial charge in [-0.15, -0.1) is 23.5 Å². The van der Waals surface area contributed by atoms with Crippen molar-refractivity contribution in [3.8, 4) is 16.9 Å². The van der Waals surface area contributed by atoms with Gasteiger partial charge in [0.25, 0.3) is 0 Å². The molecule has 2 atom stereocenters. The number of nitrogens with two attached hydrogens (primary N) is 1. The largest absolute Gasteiger partial charge is 0.493 e. The first kappa shape index (κ1) is 31.9. The van der Waals surface area contributed by atoms with E-state index in [1.807, 2.05) is 55.7 Å². The van der Waals surface area contributed by atoms with E-state index in [0.29, 0.717) is 41.9 Å². The Labute approximate surface area is 278 Å². The monoisotopic (exact) mass is 665 g/mol. The minimum atomic E-state index is -0.838. The molecule has 8 nitrogen and oxygen atoms in total. The van der Waals surface area contributed by atoms with Crippen molar-refractivity contribution < 1.29 is 14.6 Å². The molecule has 45 heavy (non-hydrogen) atoms. The summed E-state index contributed by atoms with van der Waals surface area (Å²) in [6.07, 6.45) is 5.88. The third-order valence-electron chi connectivity index (χ3n) is 9.14. The third kappa shape index (κ3) is 6.21. The number of anilines is 1. The molecule has 0 radical (unpaired) electrons. The zero-order valence-electron chi connectivity index (χ0n) is 26.2. The highest BCUT2D eigenvalue weighted by atomic mass is 35.5. The lowest BCUT2D eigenvalue weighted by molar-refractivity contribution is -0.138. The number of hydrogen-bond acceptors (Lipinski definition) is 8. The van der Waals surface area contributed by atoms with Crippen molar-refractivity contribution in [3.63, 3.8) is 0 Å². The number of benzene rings is 2. The number of ether oxygens (including phenoxy) is 1. The fourth-order valence-electron chi connectivity index (χ4n) is 6.95. The Bertz CT molecular complexity index is 1700. The molecule has 0 saturated carbocycles. The fourth-order valence-corrected chi connectivity index (χ4v) is 8.97. The van der Waals surface area contributed by atoms with Crippen molar-refractivity contribution in [3.05, 3.63) is 69.1 Å². The maximum atomic E-state index is 12.7. The molecule has 0 amide bonds.